The number of carbonyl (C=O) groups excluding carboxylic acids is 1. The topological polar surface area (TPSA) is 55.2 Å². The first-order valence-corrected chi connectivity index (χ1v) is 10.2. The molecule has 0 saturated heterocycles. The number of benzene rings is 2. The van der Waals surface area contributed by atoms with Gasteiger partial charge in [0.2, 0.25) is 5.91 Å². The average Bonchev–Trinajstić information content (AvgIpc) is 2.72. The van der Waals surface area contributed by atoms with Gasteiger partial charge in [-0.15, -0.1) is 0 Å². The maximum Gasteiger partial charge on any atom is 0.266 e. The second-order valence-electron chi connectivity index (χ2n) is 7.93. The van der Waals surface area contributed by atoms with E-state index in [2.05, 4.69) is 6.92 Å². The van der Waals surface area contributed by atoms with Gasteiger partial charge in [0.1, 0.15) is 5.82 Å². The van der Waals surface area contributed by atoms with Crippen LogP contribution in [0.1, 0.15) is 51.5 Å². The number of hydrogen-bond acceptors (Lipinski definition) is 3. The van der Waals surface area contributed by atoms with Gasteiger partial charge in [-0.3, -0.25) is 14.2 Å². The molecule has 0 saturated carbocycles. The molecule has 152 valence electrons. The Morgan fingerprint density at radius 2 is 1.72 bits per heavy atom. The Kier molecular flexibility index (Phi) is 6.16. The highest BCUT2D eigenvalue weighted by atomic mass is 16.2. The van der Waals surface area contributed by atoms with Gasteiger partial charge in [0.15, 0.2) is 0 Å². The molecule has 3 rings (SSSR count). The van der Waals surface area contributed by atoms with E-state index < -0.39 is 0 Å². The van der Waals surface area contributed by atoms with Gasteiger partial charge in [0.25, 0.3) is 5.56 Å². The Bertz CT molecular complexity index is 1070. The molecule has 5 nitrogen and oxygen atoms in total. The number of amides is 1. The van der Waals surface area contributed by atoms with Gasteiger partial charge in [-0.1, -0.05) is 45.0 Å². The lowest BCUT2D eigenvalue weighted by atomic mass is 10.1. The largest absolute Gasteiger partial charge is 0.336 e. The normalized spacial score (nSPS) is 12.3. The molecule has 1 heterocycles. The molecular formula is C24H29N3O2. The minimum Gasteiger partial charge on any atom is -0.336 e. The lowest BCUT2D eigenvalue weighted by molar-refractivity contribution is -0.132. The van der Waals surface area contributed by atoms with Crippen molar-refractivity contribution in [1.82, 2.24) is 14.5 Å². The summed E-state index contributed by atoms with van der Waals surface area (Å²) in [5.41, 5.74) is 2.49. The van der Waals surface area contributed by atoms with Crippen molar-refractivity contribution in [2.45, 2.75) is 46.6 Å². The fourth-order valence-corrected chi connectivity index (χ4v) is 3.44. The third-order valence-electron chi connectivity index (χ3n) is 5.34. The third kappa shape index (κ3) is 4.24. The standard InChI is InChI=1S/C24H29N3O2/c1-6-18-11-13-19(14-12-18)27-23(17(4)26(5)22(28)15-16(2)3)25-21-10-8-7-9-20(21)24(27)29/h7-14,16-17H,6,15H2,1-5H3. The first kappa shape index (κ1) is 20.8. The molecule has 1 amide bonds. The monoisotopic (exact) mass is 391 g/mol. The molecule has 0 fully saturated rings. The van der Waals surface area contributed by atoms with Gasteiger partial charge in [0.05, 0.1) is 22.6 Å². The Morgan fingerprint density at radius 1 is 1.07 bits per heavy atom. The van der Waals surface area contributed by atoms with Crippen LogP contribution in [0.5, 0.6) is 0 Å². The summed E-state index contributed by atoms with van der Waals surface area (Å²) in [7, 11) is 1.78. The highest BCUT2D eigenvalue weighted by molar-refractivity contribution is 5.79. The number of para-hydroxylation sites is 1. The molecular weight excluding hydrogens is 362 g/mol. The molecule has 0 bridgehead atoms. The van der Waals surface area contributed by atoms with Crippen molar-refractivity contribution in [3.05, 3.63) is 70.3 Å². The van der Waals surface area contributed by atoms with Crippen molar-refractivity contribution in [2.75, 3.05) is 7.05 Å². The Balaban J connectivity index is 2.18. The molecule has 29 heavy (non-hydrogen) atoms. The van der Waals surface area contributed by atoms with Crippen molar-refractivity contribution < 1.29 is 4.79 Å². The van der Waals surface area contributed by atoms with Crippen LogP contribution in [-0.2, 0) is 11.2 Å². The maximum atomic E-state index is 13.4. The smallest absolute Gasteiger partial charge is 0.266 e. The second kappa shape index (κ2) is 8.60. The molecule has 1 atom stereocenters. The molecule has 0 aliphatic rings. The summed E-state index contributed by atoms with van der Waals surface area (Å²) in [6, 6.07) is 15.0. The van der Waals surface area contributed by atoms with Crippen LogP contribution in [-0.4, -0.2) is 27.4 Å². The first-order chi connectivity index (χ1) is 13.8. The molecule has 0 aliphatic carbocycles. The lowest BCUT2D eigenvalue weighted by Crippen LogP contribution is -2.35. The van der Waals surface area contributed by atoms with E-state index in [1.54, 1.807) is 22.6 Å². The zero-order valence-corrected chi connectivity index (χ0v) is 17.8. The molecule has 2 aromatic carbocycles. The van der Waals surface area contributed by atoms with E-state index >= 15 is 0 Å². The summed E-state index contributed by atoms with van der Waals surface area (Å²) in [5, 5.41) is 0.569. The molecule has 0 radical (unpaired) electrons. The first-order valence-electron chi connectivity index (χ1n) is 10.2. The van der Waals surface area contributed by atoms with Crippen molar-refractivity contribution in [3.8, 4) is 5.69 Å². The van der Waals surface area contributed by atoms with Gasteiger partial charge in [-0.2, -0.15) is 0 Å². The molecule has 3 aromatic rings. The summed E-state index contributed by atoms with van der Waals surface area (Å²) in [4.78, 5) is 32.6. The van der Waals surface area contributed by atoms with Crippen LogP contribution in [0.2, 0.25) is 0 Å². The summed E-state index contributed by atoms with van der Waals surface area (Å²) >= 11 is 0. The second-order valence-corrected chi connectivity index (χ2v) is 7.93. The number of aryl methyl sites for hydroxylation is 1. The molecule has 1 aromatic heterocycles. The minimum absolute atomic E-state index is 0.0442. The van der Waals surface area contributed by atoms with Crippen LogP contribution in [0.3, 0.4) is 0 Å². The van der Waals surface area contributed by atoms with Crippen molar-refractivity contribution in [2.24, 2.45) is 5.92 Å². The summed E-state index contributed by atoms with van der Waals surface area (Å²) in [6.07, 6.45) is 1.39. The molecule has 1 unspecified atom stereocenters. The maximum absolute atomic E-state index is 13.4. The zero-order valence-electron chi connectivity index (χ0n) is 17.8. The van der Waals surface area contributed by atoms with Crippen molar-refractivity contribution in [3.63, 3.8) is 0 Å². The molecule has 0 N–H and O–H groups in total. The highest BCUT2D eigenvalue weighted by Crippen LogP contribution is 2.23. The van der Waals surface area contributed by atoms with Crippen molar-refractivity contribution >= 4 is 16.8 Å². The number of rotatable bonds is 6. The fourth-order valence-electron chi connectivity index (χ4n) is 3.44. The number of carbonyl (C=O) groups is 1. The molecule has 0 spiro atoms. The summed E-state index contributed by atoms with van der Waals surface area (Å²) < 4.78 is 1.64. The number of nitrogens with zero attached hydrogens (tertiary/aromatic N) is 3. The molecule has 0 aliphatic heterocycles. The van der Waals surface area contributed by atoms with E-state index in [1.807, 2.05) is 63.2 Å². The van der Waals surface area contributed by atoms with Crippen LogP contribution < -0.4 is 5.56 Å². The average molecular weight is 392 g/mol. The molecule has 5 heteroatoms. The SMILES string of the molecule is CCc1ccc(-n2c(C(C)N(C)C(=O)CC(C)C)nc3ccccc3c2=O)cc1. The Morgan fingerprint density at radius 3 is 2.34 bits per heavy atom. The Hall–Kier alpha value is -2.95. The zero-order chi connectivity index (χ0) is 21.1. The van der Waals surface area contributed by atoms with Crippen molar-refractivity contribution in [1.29, 1.82) is 0 Å². The fraction of sp³-hybridized carbons (Fsp3) is 0.375. The predicted molar refractivity (Wildman–Crippen MR) is 117 cm³/mol. The summed E-state index contributed by atoms with van der Waals surface area (Å²) in [5.74, 6) is 0.880. The summed E-state index contributed by atoms with van der Waals surface area (Å²) in [6.45, 7) is 8.07. The predicted octanol–water partition coefficient (Wildman–Crippen LogP) is 4.51. The van der Waals surface area contributed by atoms with Gasteiger partial charge < -0.3 is 4.90 Å². The lowest BCUT2D eigenvalue weighted by Gasteiger charge is -2.27. The van der Waals surface area contributed by atoms with E-state index in [1.165, 1.54) is 5.56 Å². The number of aromatic nitrogens is 2. The van der Waals surface area contributed by atoms with E-state index in [0.29, 0.717) is 23.1 Å². The number of hydrogen-bond donors (Lipinski definition) is 0. The van der Waals surface area contributed by atoms with Gasteiger partial charge in [0, 0.05) is 13.5 Å². The van der Waals surface area contributed by atoms with Crippen LogP contribution in [0.25, 0.3) is 16.6 Å². The van der Waals surface area contributed by atoms with Crippen LogP contribution in [0, 0.1) is 5.92 Å². The van der Waals surface area contributed by atoms with E-state index in [9.17, 15) is 9.59 Å². The van der Waals surface area contributed by atoms with Gasteiger partial charge in [-0.05, 0) is 49.1 Å². The van der Waals surface area contributed by atoms with Crippen LogP contribution in [0.4, 0.5) is 0 Å². The van der Waals surface area contributed by atoms with E-state index in [-0.39, 0.29) is 23.4 Å². The Labute approximate surface area is 172 Å². The van der Waals surface area contributed by atoms with Gasteiger partial charge in [-0.25, -0.2) is 4.98 Å². The van der Waals surface area contributed by atoms with E-state index in [0.717, 1.165) is 12.1 Å². The highest BCUT2D eigenvalue weighted by Gasteiger charge is 2.24. The quantitative estimate of drug-likeness (QED) is 0.621. The van der Waals surface area contributed by atoms with E-state index in [4.69, 9.17) is 4.98 Å². The van der Waals surface area contributed by atoms with Gasteiger partial charge >= 0.3 is 0 Å². The third-order valence-corrected chi connectivity index (χ3v) is 5.34. The number of fused-ring (bicyclic) bond motifs is 1. The van der Waals surface area contributed by atoms with Crippen LogP contribution in [0.15, 0.2) is 53.3 Å². The minimum atomic E-state index is -0.343. The van der Waals surface area contributed by atoms with Crippen LogP contribution >= 0.6 is 0 Å².